The molecular weight excluding hydrogens is 224 g/mol. The van der Waals surface area contributed by atoms with Gasteiger partial charge in [0.25, 0.3) is 0 Å². The van der Waals surface area contributed by atoms with Gasteiger partial charge in [-0.15, -0.1) is 0 Å². The van der Waals surface area contributed by atoms with E-state index in [-0.39, 0.29) is 18.2 Å². The number of rotatable bonds is 3. The smallest absolute Gasteiger partial charge is 0.0726 e. The first-order chi connectivity index (χ1) is 8.61. The van der Waals surface area contributed by atoms with Crippen LogP contribution in [0.25, 0.3) is 0 Å². The lowest BCUT2D eigenvalue weighted by molar-refractivity contribution is -0.00528. The van der Waals surface area contributed by atoms with Crippen LogP contribution in [0.3, 0.4) is 0 Å². The second kappa shape index (κ2) is 5.72. The molecule has 0 spiro atoms. The number of nitrogens with two attached hydrogens (primary N) is 1. The van der Waals surface area contributed by atoms with Crippen LogP contribution >= 0.6 is 0 Å². The SMILES string of the molecule is CCC(N)c1ccccc1N1CC(C)OC(C)C1. The van der Waals surface area contributed by atoms with Crippen molar-refractivity contribution in [2.24, 2.45) is 5.73 Å². The van der Waals surface area contributed by atoms with Crippen molar-refractivity contribution in [3.05, 3.63) is 29.8 Å². The van der Waals surface area contributed by atoms with Crippen LogP contribution in [0.15, 0.2) is 24.3 Å². The molecule has 3 nitrogen and oxygen atoms in total. The minimum absolute atomic E-state index is 0.120. The maximum Gasteiger partial charge on any atom is 0.0726 e. The van der Waals surface area contributed by atoms with E-state index in [1.165, 1.54) is 11.3 Å². The summed E-state index contributed by atoms with van der Waals surface area (Å²) in [7, 11) is 0. The Morgan fingerprint density at radius 2 is 1.89 bits per heavy atom. The molecule has 0 amide bonds. The first-order valence-corrected chi connectivity index (χ1v) is 6.86. The Labute approximate surface area is 110 Å². The topological polar surface area (TPSA) is 38.5 Å². The maximum absolute atomic E-state index is 6.21. The van der Waals surface area contributed by atoms with Crippen LogP contribution in [0.4, 0.5) is 5.69 Å². The third kappa shape index (κ3) is 2.85. The summed E-state index contributed by atoms with van der Waals surface area (Å²) >= 11 is 0. The Balaban J connectivity index is 2.26. The molecule has 3 heteroatoms. The summed E-state index contributed by atoms with van der Waals surface area (Å²) in [5.41, 5.74) is 8.74. The highest BCUT2D eigenvalue weighted by atomic mass is 16.5. The molecule has 1 fully saturated rings. The summed E-state index contributed by atoms with van der Waals surface area (Å²) in [6, 6.07) is 8.60. The molecule has 1 aliphatic rings. The normalized spacial score (nSPS) is 26.1. The molecule has 0 bridgehead atoms. The van der Waals surface area contributed by atoms with Crippen molar-refractivity contribution < 1.29 is 4.74 Å². The third-order valence-electron chi connectivity index (χ3n) is 3.54. The van der Waals surface area contributed by atoms with Crippen molar-refractivity contribution in [2.75, 3.05) is 18.0 Å². The van der Waals surface area contributed by atoms with Crippen LogP contribution in [0.2, 0.25) is 0 Å². The van der Waals surface area contributed by atoms with E-state index in [2.05, 4.69) is 49.9 Å². The second-order valence-corrected chi connectivity index (χ2v) is 5.24. The molecule has 0 saturated carbocycles. The fourth-order valence-corrected chi connectivity index (χ4v) is 2.68. The lowest BCUT2D eigenvalue weighted by atomic mass is 10.0. The van der Waals surface area contributed by atoms with Crippen molar-refractivity contribution >= 4 is 5.69 Å². The minimum atomic E-state index is 0.120. The van der Waals surface area contributed by atoms with E-state index in [0.717, 1.165) is 19.5 Å². The molecule has 1 heterocycles. The van der Waals surface area contributed by atoms with Gasteiger partial charge in [0.05, 0.1) is 12.2 Å². The number of nitrogens with zero attached hydrogens (tertiary/aromatic N) is 1. The van der Waals surface area contributed by atoms with Gasteiger partial charge in [-0.1, -0.05) is 25.1 Å². The fourth-order valence-electron chi connectivity index (χ4n) is 2.68. The van der Waals surface area contributed by atoms with E-state index >= 15 is 0 Å². The lowest BCUT2D eigenvalue weighted by Gasteiger charge is -2.38. The van der Waals surface area contributed by atoms with Crippen molar-refractivity contribution in [3.63, 3.8) is 0 Å². The van der Waals surface area contributed by atoms with Gasteiger partial charge in [0.2, 0.25) is 0 Å². The van der Waals surface area contributed by atoms with Gasteiger partial charge >= 0.3 is 0 Å². The van der Waals surface area contributed by atoms with Crippen LogP contribution in [-0.2, 0) is 4.74 Å². The Bertz CT molecular complexity index is 384. The van der Waals surface area contributed by atoms with E-state index in [4.69, 9.17) is 10.5 Å². The highest BCUT2D eigenvalue weighted by Gasteiger charge is 2.24. The molecule has 100 valence electrons. The zero-order valence-electron chi connectivity index (χ0n) is 11.6. The van der Waals surface area contributed by atoms with Gasteiger partial charge in [-0.2, -0.15) is 0 Å². The first-order valence-electron chi connectivity index (χ1n) is 6.86. The molecule has 0 radical (unpaired) electrons. The molecule has 1 aromatic carbocycles. The highest BCUT2D eigenvalue weighted by Crippen LogP contribution is 2.29. The van der Waals surface area contributed by atoms with Gasteiger partial charge in [-0.25, -0.2) is 0 Å². The Hall–Kier alpha value is -1.06. The predicted octanol–water partition coefficient (Wildman–Crippen LogP) is 2.71. The van der Waals surface area contributed by atoms with Crippen LogP contribution in [0, 0.1) is 0 Å². The van der Waals surface area contributed by atoms with Crippen LogP contribution in [0.5, 0.6) is 0 Å². The predicted molar refractivity (Wildman–Crippen MR) is 75.9 cm³/mol. The number of morpholine rings is 1. The van der Waals surface area contributed by atoms with Crippen molar-refractivity contribution in [1.29, 1.82) is 0 Å². The molecule has 1 aliphatic heterocycles. The van der Waals surface area contributed by atoms with Gasteiger partial charge in [0, 0.05) is 24.8 Å². The molecule has 0 aliphatic carbocycles. The molecule has 0 aromatic heterocycles. The highest BCUT2D eigenvalue weighted by molar-refractivity contribution is 5.55. The van der Waals surface area contributed by atoms with Crippen molar-refractivity contribution in [1.82, 2.24) is 0 Å². The largest absolute Gasteiger partial charge is 0.372 e. The molecule has 2 rings (SSSR count). The number of benzene rings is 1. The second-order valence-electron chi connectivity index (χ2n) is 5.24. The molecule has 18 heavy (non-hydrogen) atoms. The first kappa shape index (κ1) is 13.4. The zero-order valence-corrected chi connectivity index (χ0v) is 11.6. The summed E-state index contributed by atoms with van der Waals surface area (Å²) in [6.45, 7) is 8.28. The molecular formula is C15H24N2O. The van der Waals surface area contributed by atoms with E-state index in [1.54, 1.807) is 0 Å². The average Bonchev–Trinajstić information content (AvgIpc) is 2.36. The van der Waals surface area contributed by atoms with Gasteiger partial charge < -0.3 is 15.4 Å². The Morgan fingerprint density at radius 3 is 2.50 bits per heavy atom. The fraction of sp³-hybridized carbons (Fsp3) is 0.600. The van der Waals surface area contributed by atoms with Gasteiger partial charge in [0.15, 0.2) is 0 Å². The van der Waals surface area contributed by atoms with Gasteiger partial charge in [-0.05, 0) is 31.9 Å². The van der Waals surface area contributed by atoms with Gasteiger partial charge in [-0.3, -0.25) is 0 Å². The summed E-state index contributed by atoms with van der Waals surface area (Å²) in [4.78, 5) is 2.41. The van der Waals surface area contributed by atoms with Crippen LogP contribution in [0.1, 0.15) is 38.8 Å². The van der Waals surface area contributed by atoms with E-state index in [0.29, 0.717) is 0 Å². The maximum atomic E-state index is 6.21. The monoisotopic (exact) mass is 248 g/mol. The Kier molecular flexibility index (Phi) is 4.25. The molecule has 3 unspecified atom stereocenters. The number of para-hydroxylation sites is 1. The molecule has 3 atom stereocenters. The van der Waals surface area contributed by atoms with Crippen molar-refractivity contribution in [2.45, 2.75) is 45.4 Å². The van der Waals surface area contributed by atoms with E-state index in [1.807, 2.05) is 0 Å². The number of ether oxygens (including phenoxy) is 1. The van der Waals surface area contributed by atoms with E-state index < -0.39 is 0 Å². The molecule has 1 aromatic rings. The number of hydrogen-bond acceptors (Lipinski definition) is 3. The lowest BCUT2D eigenvalue weighted by Crippen LogP contribution is -2.46. The van der Waals surface area contributed by atoms with Crippen LogP contribution < -0.4 is 10.6 Å². The van der Waals surface area contributed by atoms with E-state index in [9.17, 15) is 0 Å². The van der Waals surface area contributed by atoms with Gasteiger partial charge in [0.1, 0.15) is 0 Å². The summed E-state index contributed by atoms with van der Waals surface area (Å²) < 4.78 is 5.79. The standard InChI is InChI=1S/C15H24N2O/c1-4-14(16)13-7-5-6-8-15(13)17-9-11(2)18-12(3)10-17/h5-8,11-12,14H,4,9-10,16H2,1-3H3. The zero-order chi connectivity index (χ0) is 13.1. The average molecular weight is 248 g/mol. The summed E-state index contributed by atoms with van der Waals surface area (Å²) in [6.07, 6.45) is 1.52. The summed E-state index contributed by atoms with van der Waals surface area (Å²) in [5.74, 6) is 0. The third-order valence-corrected chi connectivity index (χ3v) is 3.54. The number of anilines is 1. The molecule has 2 N–H and O–H groups in total. The van der Waals surface area contributed by atoms with Crippen molar-refractivity contribution in [3.8, 4) is 0 Å². The quantitative estimate of drug-likeness (QED) is 0.894. The number of hydrogen-bond donors (Lipinski definition) is 1. The minimum Gasteiger partial charge on any atom is -0.372 e. The molecule has 1 saturated heterocycles. The van der Waals surface area contributed by atoms with Crippen LogP contribution in [-0.4, -0.2) is 25.3 Å². The Morgan fingerprint density at radius 1 is 1.28 bits per heavy atom. The summed E-state index contributed by atoms with van der Waals surface area (Å²) in [5, 5.41) is 0.